The van der Waals surface area contributed by atoms with Crippen LogP contribution in [0.1, 0.15) is 11.3 Å². The van der Waals surface area contributed by atoms with Gasteiger partial charge in [-0.15, -0.1) is 0 Å². The van der Waals surface area contributed by atoms with Crippen molar-refractivity contribution in [3.63, 3.8) is 0 Å². The highest BCUT2D eigenvalue weighted by Gasteiger charge is 2.09. The predicted octanol–water partition coefficient (Wildman–Crippen LogP) is 1.89. The number of benzene rings is 1. The van der Waals surface area contributed by atoms with Gasteiger partial charge >= 0.3 is 0 Å². The molecule has 2 aromatic rings. The molecule has 76 valence electrons. The molecule has 0 fully saturated rings. The largest absolute Gasteiger partial charge is 0.252 e. The normalized spacial score (nSPS) is 10.2. The van der Waals surface area contributed by atoms with Gasteiger partial charge in [-0.2, -0.15) is 4.57 Å². The SMILES string of the molecule is FCc1cncc[n+]1Cc1ccccc1. The Labute approximate surface area is 88.0 Å². The molecule has 0 saturated carbocycles. The summed E-state index contributed by atoms with van der Waals surface area (Å²) in [5.74, 6) is 0. The van der Waals surface area contributed by atoms with Crippen LogP contribution in [-0.4, -0.2) is 4.98 Å². The summed E-state index contributed by atoms with van der Waals surface area (Å²) in [5.41, 5.74) is 1.75. The molecule has 0 bridgehead atoms. The molecule has 3 heteroatoms. The summed E-state index contributed by atoms with van der Waals surface area (Å²) >= 11 is 0. The van der Waals surface area contributed by atoms with E-state index >= 15 is 0 Å². The van der Waals surface area contributed by atoms with E-state index in [1.54, 1.807) is 18.6 Å². The summed E-state index contributed by atoms with van der Waals surface area (Å²) in [6, 6.07) is 9.97. The Kier molecular flexibility index (Phi) is 3.02. The smallest absolute Gasteiger partial charge is 0.231 e. The van der Waals surface area contributed by atoms with Crippen molar-refractivity contribution in [3.8, 4) is 0 Å². The molecule has 2 rings (SSSR count). The molecule has 0 aliphatic carbocycles. The molecule has 0 aliphatic rings. The van der Waals surface area contributed by atoms with Crippen LogP contribution in [0.3, 0.4) is 0 Å². The van der Waals surface area contributed by atoms with Gasteiger partial charge in [0.1, 0.15) is 0 Å². The maximum absolute atomic E-state index is 12.6. The monoisotopic (exact) mass is 203 g/mol. The van der Waals surface area contributed by atoms with E-state index in [-0.39, 0.29) is 0 Å². The Balaban J connectivity index is 2.24. The van der Waals surface area contributed by atoms with E-state index in [4.69, 9.17) is 0 Å². The van der Waals surface area contributed by atoms with E-state index in [2.05, 4.69) is 4.98 Å². The molecule has 0 amide bonds. The maximum atomic E-state index is 12.6. The fraction of sp³-hybridized carbons (Fsp3) is 0.167. The lowest BCUT2D eigenvalue weighted by Gasteiger charge is -2.00. The first-order valence-electron chi connectivity index (χ1n) is 4.82. The molecule has 0 spiro atoms. The quantitative estimate of drug-likeness (QED) is 0.696. The minimum atomic E-state index is -0.485. The topological polar surface area (TPSA) is 16.8 Å². The molecule has 1 aromatic heterocycles. The van der Waals surface area contributed by atoms with Crippen molar-refractivity contribution in [1.29, 1.82) is 0 Å². The van der Waals surface area contributed by atoms with E-state index in [1.165, 1.54) is 0 Å². The first-order chi connectivity index (χ1) is 7.40. The zero-order valence-electron chi connectivity index (χ0n) is 8.31. The Morgan fingerprint density at radius 3 is 2.73 bits per heavy atom. The van der Waals surface area contributed by atoms with Crippen molar-refractivity contribution in [2.24, 2.45) is 0 Å². The van der Waals surface area contributed by atoms with Crippen LogP contribution < -0.4 is 4.57 Å². The molecule has 0 N–H and O–H groups in total. The van der Waals surface area contributed by atoms with Gasteiger partial charge in [0, 0.05) is 5.56 Å². The van der Waals surface area contributed by atoms with E-state index in [0.29, 0.717) is 12.2 Å². The second-order valence-electron chi connectivity index (χ2n) is 3.31. The van der Waals surface area contributed by atoms with Gasteiger partial charge in [0.25, 0.3) is 0 Å². The van der Waals surface area contributed by atoms with E-state index < -0.39 is 6.67 Å². The lowest BCUT2D eigenvalue weighted by Crippen LogP contribution is -2.38. The van der Waals surface area contributed by atoms with E-state index in [0.717, 1.165) is 5.56 Å². The highest BCUT2D eigenvalue weighted by atomic mass is 19.1. The summed E-state index contributed by atoms with van der Waals surface area (Å²) in [7, 11) is 0. The van der Waals surface area contributed by atoms with Gasteiger partial charge < -0.3 is 0 Å². The van der Waals surface area contributed by atoms with Gasteiger partial charge in [-0.25, -0.2) is 4.39 Å². The Bertz CT molecular complexity index is 429. The van der Waals surface area contributed by atoms with Crippen molar-refractivity contribution in [3.05, 3.63) is 60.2 Å². The van der Waals surface area contributed by atoms with Gasteiger partial charge in [-0.3, -0.25) is 4.98 Å². The molecule has 0 radical (unpaired) electrons. The molecule has 0 atom stereocenters. The number of hydrogen-bond donors (Lipinski definition) is 0. The summed E-state index contributed by atoms with van der Waals surface area (Å²) < 4.78 is 14.5. The third kappa shape index (κ3) is 2.37. The number of hydrogen-bond acceptors (Lipinski definition) is 1. The number of nitrogens with zero attached hydrogens (tertiary/aromatic N) is 2. The summed E-state index contributed by atoms with van der Waals surface area (Å²) in [4.78, 5) is 3.90. The van der Waals surface area contributed by atoms with Gasteiger partial charge in [-0.1, -0.05) is 30.3 Å². The fourth-order valence-corrected chi connectivity index (χ4v) is 1.46. The predicted molar refractivity (Wildman–Crippen MR) is 54.8 cm³/mol. The number of alkyl halides is 1. The zero-order valence-corrected chi connectivity index (χ0v) is 8.31. The molecule has 0 saturated heterocycles. The third-order valence-corrected chi connectivity index (χ3v) is 2.26. The summed E-state index contributed by atoms with van der Waals surface area (Å²) in [6.07, 6.45) is 5.02. The minimum absolute atomic E-state index is 0.485. The van der Waals surface area contributed by atoms with E-state index in [1.807, 2.05) is 34.9 Å². The molecular weight excluding hydrogens is 191 g/mol. The second kappa shape index (κ2) is 4.64. The van der Waals surface area contributed by atoms with Crippen LogP contribution in [0.4, 0.5) is 4.39 Å². The molecule has 1 aromatic carbocycles. The van der Waals surface area contributed by atoms with Gasteiger partial charge in [0.05, 0.1) is 12.4 Å². The Morgan fingerprint density at radius 2 is 2.00 bits per heavy atom. The van der Waals surface area contributed by atoms with Crippen LogP contribution in [0, 0.1) is 0 Å². The van der Waals surface area contributed by atoms with E-state index in [9.17, 15) is 4.39 Å². The van der Waals surface area contributed by atoms with Crippen LogP contribution in [-0.2, 0) is 13.2 Å². The zero-order chi connectivity index (χ0) is 10.5. The average molecular weight is 203 g/mol. The third-order valence-electron chi connectivity index (χ3n) is 2.26. The van der Waals surface area contributed by atoms with Crippen LogP contribution in [0.15, 0.2) is 48.9 Å². The minimum Gasteiger partial charge on any atom is -0.252 e. The molecular formula is C12H12FN2+. The van der Waals surface area contributed by atoms with Crippen LogP contribution in [0.5, 0.6) is 0 Å². The van der Waals surface area contributed by atoms with Gasteiger partial charge in [0.2, 0.25) is 5.69 Å². The number of aromatic nitrogens is 2. The van der Waals surface area contributed by atoms with Crippen molar-refractivity contribution in [1.82, 2.24) is 4.98 Å². The Hall–Kier alpha value is -1.77. The van der Waals surface area contributed by atoms with Crippen molar-refractivity contribution in [2.75, 3.05) is 0 Å². The summed E-state index contributed by atoms with van der Waals surface area (Å²) in [6.45, 7) is 0.198. The number of halogens is 1. The number of rotatable bonds is 3. The molecule has 2 nitrogen and oxygen atoms in total. The standard InChI is InChI=1S/C12H12FN2/c13-8-12-9-14-6-7-15(12)10-11-4-2-1-3-5-11/h1-7,9H,8,10H2/q+1. The van der Waals surface area contributed by atoms with Crippen LogP contribution in [0.2, 0.25) is 0 Å². The van der Waals surface area contributed by atoms with Crippen LogP contribution in [0.25, 0.3) is 0 Å². The highest BCUT2D eigenvalue weighted by molar-refractivity contribution is 5.13. The average Bonchev–Trinajstić information content (AvgIpc) is 2.31. The fourth-order valence-electron chi connectivity index (χ4n) is 1.46. The van der Waals surface area contributed by atoms with Crippen molar-refractivity contribution < 1.29 is 8.96 Å². The van der Waals surface area contributed by atoms with Crippen molar-refractivity contribution >= 4 is 0 Å². The summed E-state index contributed by atoms with van der Waals surface area (Å²) in [5, 5.41) is 0. The lowest BCUT2D eigenvalue weighted by molar-refractivity contribution is -0.697. The molecule has 15 heavy (non-hydrogen) atoms. The molecule has 1 heterocycles. The first kappa shape index (κ1) is 9.77. The first-order valence-corrected chi connectivity index (χ1v) is 4.82. The van der Waals surface area contributed by atoms with Crippen LogP contribution >= 0.6 is 0 Å². The van der Waals surface area contributed by atoms with Gasteiger partial charge in [0.15, 0.2) is 19.4 Å². The lowest BCUT2D eigenvalue weighted by atomic mass is 10.2. The second-order valence-corrected chi connectivity index (χ2v) is 3.31. The maximum Gasteiger partial charge on any atom is 0.231 e. The van der Waals surface area contributed by atoms with Crippen molar-refractivity contribution in [2.45, 2.75) is 13.2 Å². The van der Waals surface area contributed by atoms with Gasteiger partial charge in [-0.05, 0) is 0 Å². The molecule has 0 unspecified atom stereocenters. The highest BCUT2D eigenvalue weighted by Crippen LogP contribution is 1.99. The Morgan fingerprint density at radius 1 is 1.20 bits per heavy atom. The molecule has 0 aliphatic heterocycles.